The Labute approximate surface area is 248 Å². The van der Waals surface area contributed by atoms with Gasteiger partial charge in [0.15, 0.2) is 11.5 Å². The van der Waals surface area contributed by atoms with E-state index >= 15 is 0 Å². The third kappa shape index (κ3) is 16.0. The zero-order valence-electron chi connectivity index (χ0n) is 26.1. The molecule has 0 aliphatic carbocycles. The Morgan fingerprint density at radius 3 is 1.83 bits per heavy atom. The summed E-state index contributed by atoms with van der Waals surface area (Å²) in [6, 6.07) is 3.66. The quantitative estimate of drug-likeness (QED) is 0.134. The third-order valence-corrected chi connectivity index (χ3v) is 5.63. The van der Waals surface area contributed by atoms with Crippen LogP contribution >= 0.6 is 0 Å². The molecule has 0 aliphatic rings. The molecule has 0 radical (unpaired) electrons. The van der Waals surface area contributed by atoms with Crippen molar-refractivity contribution in [3.05, 3.63) is 23.8 Å². The lowest BCUT2D eigenvalue weighted by atomic mass is 10.0. The van der Waals surface area contributed by atoms with Gasteiger partial charge in [0.05, 0.1) is 26.9 Å². The normalized spacial score (nSPS) is 12.5. The molecule has 0 heterocycles. The van der Waals surface area contributed by atoms with Crippen molar-refractivity contribution >= 4 is 24.4 Å². The lowest BCUT2D eigenvalue weighted by Gasteiger charge is -2.20. The van der Waals surface area contributed by atoms with Gasteiger partial charge in [-0.25, -0.2) is 14.4 Å². The molecular formula is C30H47NO11. The fourth-order valence-corrected chi connectivity index (χ4v) is 3.24. The first-order valence-electron chi connectivity index (χ1n) is 14.3. The van der Waals surface area contributed by atoms with E-state index in [2.05, 4.69) is 5.32 Å². The Kier molecular flexibility index (Phi) is 17.0. The zero-order chi connectivity index (χ0) is 31.7. The average molecular weight is 598 g/mol. The summed E-state index contributed by atoms with van der Waals surface area (Å²) in [5, 5.41) is 3.02. The van der Waals surface area contributed by atoms with Crippen LogP contribution in [0.1, 0.15) is 66.9 Å². The average Bonchev–Trinajstić information content (AvgIpc) is 2.90. The van der Waals surface area contributed by atoms with Crippen LogP contribution in [0.5, 0.6) is 11.5 Å². The molecule has 1 aromatic rings. The minimum Gasteiger partial charge on any atom is -0.468 e. The molecule has 1 rings (SSSR count). The molecule has 12 nitrogen and oxygen atoms in total. The molecule has 1 aromatic carbocycles. The maximum absolute atomic E-state index is 12.5. The van der Waals surface area contributed by atoms with Gasteiger partial charge in [-0.05, 0) is 61.6 Å². The van der Waals surface area contributed by atoms with Gasteiger partial charge >= 0.3 is 24.4 Å². The SMILES string of the molecule is COC(=O)[C@H](Cc1ccc(OC(=O)OCCC(C)C)c(OC(=O)OCCC(C)C)c1)NCC(C)OC(=O)OCC(C)C. The van der Waals surface area contributed by atoms with Gasteiger partial charge in [0.25, 0.3) is 0 Å². The van der Waals surface area contributed by atoms with Crippen LogP contribution in [0.25, 0.3) is 0 Å². The molecule has 0 saturated carbocycles. The Bertz CT molecular complexity index is 993. The summed E-state index contributed by atoms with van der Waals surface area (Å²) in [6.45, 7) is 14.1. The molecule has 42 heavy (non-hydrogen) atoms. The van der Waals surface area contributed by atoms with Crippen molar-refractivity contribution in [3.63, 3.8) is 0 Å². The number of esters is 1. The van der Waals surface area contributed by atoms with Crippen molar-refractivity contribution in [2.45, 2.75) is 79.9 Å². The van der Waals surface area contributed by atoms with E-state index in [1.807, 2.05) is 41.5 Å². The Hall–Kier alpha value is -3.54. The van der Waals surface area contributed by atoms with Crippen LogP contribution in [0.15, 0.2) is 18.2 Å². The van der Waals surface area contributed by atoms with E-state index in [0.717, 1.165) is 0 Å². The topological polar surface area (TPSA) is 145 Å². The van der Waals surface area contributed by atoms with Crippen LogP contribution in [0.4, 0.5) is 14.4 Å². The maximum Gasteiger partial charge on any atom is 0.513 e. The van der Waals surface area contributed by atoms with Crippen molar-refractivity contribution in [1.82, 2.24) is 5.32 Å². The first-order chi connectivity index (χ1) is 19.8. The standard InChI is InChI=1S/C30H47NO11/c1-19(2)11-13-37-28(33)41-25-10-9-23(16-26(25)42-29(34)38-14-12-20(3)4)15-24(27(32)36-8)31-17-22(7)40-30(35)39-18-21(5)6/h9-10,16,19-22,24,31H,11-15,17-18H2,1-8H3/t22?,24-/m0/s1. The number of carbonyl (C=O) groups is 4. The van der Waals surface area contributed by atoms with Crippen LogP contribution in [0, 0.1) is 17.8 Å². The number of hydrogen-bond donors (Lipinski definition) is 1. The highest BCUT2D eigenvalue weighted by molar-refractivity contribution is 5.76. The molecule has 1 N–H and O–H groups in total. The first-order valence-corrected chi connectivity index (χ1v) is 14.3. The van der Waals surface area contributed by atoms with Gasteiger partial charge in [-0.3, -0.25) is 4.79 Å². The monoisotopic (exact) mass is 597 g/mol. The Morgan fingerprint density at radius 1 is 0.738 bits per heavy atom. The highest BCUT2D eigenvalue weighted by Crippen LogP contribution is 2.30. The Balaban J connectivity index is 3.00. The second-order valence-corrected chi connectivity index (χ2v) is 11.1. The largest absolute Gasteiger partial charge is 0.513 e. The van der Waals surface area contributed by atoms with Gasteiger partial charge in [-0.1, -0.05) is 47.6 Å². The second-order valence-electron chi connectivity index (χ2n) is 11.1. The molecule has 0 aliphatic heterocycles. The molecule has 12 heteroatoms. The predicted octanol–water partition coefficient (Wildman–Crippen LogP) is 5.68. The van der Waals surface area contributed by atoms with E-state index in [1.54, 1.807) is 13.0 Å². The van der Waals surface area contributed by atoms with E-state index in [0.29, 0.717) is 30.2 Å². The Morgan fingerprint density at radius 2 is 1.31 bits per heavy atom. The van der Waals surface area contributed by atoms with Crippen molar-refractivity contribution < 1.29 is 52.3 Å². The van der Waals surface area contributed by atoms with Crippen molar-refractivity contribution in [2.24, 2.45) is 17.8 Å². The number of carbonyl (C=O) groups excluding carboxylic acids is 4. The van der Waals surface area contributed by atoms with Gasteiger partial charge in [0.1, 0.15) is 12.1 Å². The lowest BCUT2D eigenvalue weighted by Crippen LogP contribution is -2.43. The van der Waals surface area contributed by atoms with Crippen LogP contribution < -0.4 is 14.8 Å². The smallest absolute Gasteiger partial charge is 0.468 e. The summed E-state index contributed by atoms with van der Waals surface area (Å²) < 4.78 is 36.1. The summed E-state index contributed by atoms with van der Waals surface area (Å²) in [5.41, 5.74) is 0.549. The maximum atomic E-state index is 12.5. The van der Waals surface area contributed by atoms with Crippen LogP contribution in [0.3, 0.4) is 0 Å². The highest BCUT2D eigenvalue weighted by atomic mass is 16.7. The zero-order valence-corrected chi connectivity index (χ0v) is 26.1. The summed E-state index contributed by atoms with van der Waals surface area (Å²) in [7, 11) is 1.25. The molecule has 0 aromatic heterocycles. The number of ether oxygens (including phenoxy) is 7. The minimum atomic E-state index is -0.969. The van der Waals surface area contributed by atoms with E-state index in [-0.39, 0.29) is 50.2 Å². The minimum absolute atomic E-state index is 0.0568. The number of methoxy groups -OCH3 is 1. The summed E-state index contributed by atoms with van der Waals surface area (Å²) in [6.07, 6.45) is -1.91. The number of benzene rings is 1. The summed E-state index contributed by atoms with van der Waals surface area (Å²) in [4.78, 5) is 49.0. The van der Waals surface area contributed by atoms with E-state index in [9.17, 15) is 19.2 Å². The molecule has 2 atom stereocenters. The van der Waals surface area contributed by atoms with E-state index in [1.165, 1.54) is 19.2 Å². The molecule has 0 bridgehead atoms. The molecule has 0 amide bonds. The van der Waals surface area contributed by atoms with Gasteiger partial charge in [-0.2, -0.15) is 0 Å². The van der Waals surface area contributed by atoms with E-state index in [4.69, 9.17) is 33.2 Å². The number of rotatable bonds is 17. The molecule has 0 fully saturated rings. The van der Waals surface area contributed by atoms with Crippen molar-refractivity contribution in [3.8, 4) is 11.5 Å². The molecule has 238 valence electrons. The molecule has 1 unspecified atom stereocenters. The van der Waals surface area contributed by atoms with Crippen LogP contribution in [-0.2, 0) is 34.9 Å². The molecule has 0 saturated heterocycles. The second kappa shape index (κ2) is 19.6. The van der Waals surface area contributed by atoms with E-state index < -0.39 is 36.6 Å². The van der Waals surface area contributed by atoms with Crippen LogP contribution in [-0.4, -0.2) is 70.1 Å². The highest BCUT2D eigenvalue weighted by Gasteiger charge is 2.23. The molecule has 0 spiro atoms. The first kappa shape index (κ1) is 36.5. The van der Waals surface area contributed by atoms with Gasteiger partial charge < -0.3 is 38.5 Å². The molecular weight excluding hydrogens is 550 g/mol. The fraction of sp³-hybridized carbons (Fsp3) is 0.667. The van der Waals surface area contributed by atoms with Gasteiger partial charge in [-0.15, -0.1) is 0 Å². The van der Waals surface area contributed by atoms with Crippen LogP contribution in [0.2, 0.25) is 0 Å². The summed E-state index contributed by atoms with van der Waals surface area (Å²) >= 11 is 0. The number of hydrogen-bond acceptors (Lipinski definition) is 12. The lowest BCUT2D eigenvalue weighted by molar-refractivity contribution is -0.143. The number of nitrogens with one attached hydrogen (secondary N) is 1. The fourth-order valence-electron chi connectivity index (χ4n) is 3.24. The van der Waals surface area contributed by atoms with Crippen molar-refractivity contribution in [2.75, 3.05) is 33.5 Å². The van der Waals surface area contributed by atoms with Crippen molar-refractivity contribution in [1.29, 1.82) is 0 Å². The summed E-state index contributed by atoms with van der Waals surface area (Å²) in [5.74, 6) is 0.116. The van der Waals surface area contributed by atoms with Gasteiger partial charge in [0, 0.05) is 6.54 Å². The third-order valence-electron chi connectivity index (χ3n) is 5.63. The van der Waals surface area contributed by atoms with Gasteiger partial charge in [0.2, 0.25) is 0 Å². The predicted molar refractivity (Wildman–Crippen MR) is 154 cm³/mol.